The summed E-state index contributed by atoms with van der Waals surface area (Å²) in [6.07, 6.45) is 3.77. The average Bonchev–Trinajstić information content (AvgIpc) is 3.01. The molecule has 7 nitrogen and oxygen atoms in total. The summed E-state index contributed by atoms with van der Waals surface area (Å²) >= 11 is 0. The van der Waals surface area contributed by atoms with Gasteiger partial charge < -0.3 is 15.5 Å². The van der Waals surface area contributed by atoms with E-state index >= 15 is 0 Å². The van der Waals surface area contributed by atoms with Crippen LogP contribution in [0.1, 0.15) is 37.3 Å². The molecule has 1 aliphatic rings. The van der Waals surface area contributed by atoms with Gasteiger partial charge in [-0.15, -0.1) is 24.0 Å². The Bertz CT molecular complexity index is 751. The number of amides is 1. The van der Waals surface area contributed by atoms with E-state index in [1.165, 1.54) is 6.26 Å². The van der Waals surface area contributed by atoms with E-state index in [9.17, 15) is 13.2 Å². The number of aliphatic imine (C=N–C) groups is 1. The Morgan fingerprint density at radius 2 is 1.86 bits per heavy atom. The lowest BCUT2D eigenvalue weighted by Crippen LogP contribution is -2.39. The molecule has 1 aromatic rings. The van der Waals surface area contributed by atoms with Gasteiger partial charge in [0.05, 0.1) is 12.3 Å². The van der Waals surface area contributed by atoms with Crippen molar-refractivity contribution in [2.45, 2.75) is 38.5 Å². The van der Waals surface area contributed by atoms with Crippen LogP contribution in [0.15, 0.2) is 29.3 Å². The number of carbonyl (C=O) groups excluding carboxylic acids is 1. The molecule has 1 aliphatic heterocycles. The number of likely N-dealkylation sites (tertiary alicyclic amines) is 1. The van der Waals surface area contributed by atoms with Gasteiger partial charge in [-0.2, -0.15) is 0 Å². The van der Waals surface area contributed by atoms with Gasteiger partial charge in [0.15, 0.2) is 15.8 Å². The van der Waals surface area contributed by atoms with Crippen LogP contribution in [0.3, 0.4) is 0 Å². The van der Waals surface area contributed by atoms with Crippen LogP contribution in [0.4, 0.5) is 0 Å². The van der Waals surface area contributed by atoms with Crippen LogP contribution < -0.4 is 10.6 Å². The minimum Gasteiger partial charge on any atom is -0.357 e. The number of nitrogens with zero attached hydrogens (tertiary/aromatic N) is 2. The van der Waals surface area contributed by atoms with Crippen molar-refractivity contribution in [1.29, 1.82) is 0 Å². The SMILES string of the molecule is CCNC(=NCc1ccc(CS(C)(=O)=O)cc1)NCCCN1CCCC1=O.I. The van der Waals surface area contributed by atoms with Crippen molar-refractivity contribution in [3.63, 3.8) is 0 Å². The van der Waals surface area contributed by atoms with Gasteiger partial charge in [-0.05, 0) is 30.9 Å². The fraction of sp³-hybridized carbons (Fsp3) is 0.579. The molecular weight excluding hydrogens is 491 g/mol. The van der Waals surface area contributed by atoms with Crippen molar-refractivity contribution in [1.82, 2.24) is 15.5 Å². The lowest BCUT2D eigenvalue weighted by molar-refractivity contribution is -0.127. The molecule has 158 valence electrons. The van der Waals surface area contributed by atoms with Crippen molar-refractivity contribution in [2.24, 2.45) is 4.99 Å². The molecule has 0 unspecified atom stereocenters. The zero-order chi connectivity index (χ0) is 19.7. The molecule has 1 amide bonds. The lowest BCUT2D eigenvalue weighted by atomic mass is 10.1. The van der Waals surface area contributed by atoms with Crippen molar-refractivity contribution < 1.29 is 13.2 Å². The summed E-state index contributed by atoms with van der Waals surface area (Å²) in [4.78, 5) is 18.1. The van der Waals surface area contributed by atoms with Gasteiger partial charge in [0.2, 0.25) is 5.91 Å². The van der Waals surface area contributed by atoms with Crippen molar-refractivity contribution >= 4 is 45.7 Å². The Morgan fingerprint density at radius 3 is 2.43 bits per heavy atom. The van der Waals surface area contributed by atoms with Crippen molar-refractivity contribution in [3.05, 3.63) is 35.4 Å². The van der Waals surface area contributed by atoms with Crippen LogP contribution in [-0.4, -0.2) is 57.6 Å². The third-order valence-corrected chi connectivity index (χ3v) is 5.14. The topological polar surface area (TPSA) is 90.9 Å². The fourth-order valence-electron chi connectivity index (χ4n) is 2.97. The van der Waals surface area contributed by atoms with Crippen molar-refractivity contribution in [2.75, 3.05) is 32.4 Å². The first-order valence-corrected chi connectivity index (χ1v) is 11.5. The predicted octanol–water partition coefficient (Wildman–Crippen LogP) is 1.92. The molecular formula is C19H31IN4O3S. The first-order chi connectivity index (χ1) is 12.9. The number of sulfone groups is 1. The highest BCUT2D eigenvalue weighted by Gasteiger charge is 2.18. The van der Waals surface area contributed by atoms with Crippen LogP contribution in [0.2, 0.25) is 0 Å². The second-order valence-corrected chi connectivity index (χ2v) is 8.99. The first-order valence-electron chi connectivity index (χ1n) is 9.43. The van der Waals surface area contributed by atoms with Gasteiger partial charge in [0, 0.05) is 38.9 Å². The van der Waals surface area contributed by atoms with E-state index in [1.54, 1.807) is 0 Å². The highest BCUT2D eigenvalue weighted by molar-refractivity contribution is 14.0. The maximum atomic E-state index is 11.6. The molecule has 1 aromatic carbocycles. The Hall–Kier alpha value is -1.36. The second kappa shape index (κ2) is 12.3. The van der Waals surface area contributed by atoms with E-state index in [4.69, 9.17) is 0 Å². The van der Waals surface area contributed by atoms with Crippen molar-refractivity contribution in [3.8, 4) is 0 Å². The molecule has 0 spiro atoms. The maximum Gasteiger partial charge on any atom is 0.222 e. The van der Waals surface area contributed by atoms with E-state index in [1.807, 2.05) is 36.1 Å². The highest BCUT2D eigenvalue weighted by Crippen LogP contribution is 2.10. The summed E-state index contributed by atoms with van der Waals surface area (Å²) in [5.41, 5.74) is 1.80. The second-order valence-electron chi connectivity index (χ2n) is 6.85. The van der Waals surface area contributed by atoms with Gasteiger partial charge >= 0.3 is 0 Å². The monoisotopic (exact) mass is 522 g/mol. The molecule has 1 heterocycles. The largest absolute Gasteiger partial charge is 0.357 e. The molecule has 0 aliphatic carbocycles. The Morgan fingerprint density at radius 1 is 1.18 bits per heavy atom. The van der Waals surface area contributed by atoms with Gasteiger partial charge in [-0.3, -0.25) is 4.79 Å². The molecule has 28 heavy (non-hydrogen) atoms. The van der Waals surface area contributed by atoms with Crippen LogP contribution in [0.5, 0.6) is 0 Å². The number of carbonyl (C=O) groups is 1. The number of guanidine groups is 1. The number of benzene rings is 1. The summed E-state index contributed by atoms with van der Waals surface area (Å²) in [6, 6.07) is 7.48. The fourth-order valence-corrected chi connectivity index (χ4v) is 3.77. The number of hydrogen-bond donors (Lipinski definition) is 2. The zero-order valence-corrected chi connectivity index (χ0v) is 19.8. The van der Waals surface area contributed by atoms with Crippen LogP contribution in [0.25, 0.3) is 0 Å². The third-order valence-electron chi connectivity index (χ3n) is 4.28. The number of nitrogens with one attached hydrogen (secondary N) is 2. The molecule has 1 saturated heterocycles. The summed E-state index contributed by atoms with van der Waals surface area (Å²) in [7, 11) is -3.02. The smallest absolute Gasteiger partial charge is 0.222 e. The highest BCUT2D eigenvalue weighted by atomic mass is 127. The first kappa shape index (κ1) is 24.7. The van der Waals surface area contributed by atoms with E-state index in [2.05, 4.69) is 15.6 Å². The number of rotatable bonds is 9. The molecule has 9 heteroatoms. The Labute approximate surface area is 185 Å². The third kappa shape index (κ3) is 9.22. The standard InChI is InChI=1S/C19H30N4O3S.HI/c1-3-20-19(21-11-5-13-23-12-4-6-18(23)24)22-14-16-7-9-17(10-8-16)15-27(2,25)26;/h7-10H,3-6,11-15H2,1-2H3,(H2,20,21,22);1H. The summed E-state index contributed by atoms with van der Waals surface area (Å²) in [5.74, 6) is 1.06. The molecule has 2 N–H and O–H groups in total. The van der Waals surface area contributed by atoms with E-state index in [0.717, 1.165) is 56.1 Å². The minimum atomic E-state index is -3.02. The van der Waals surface area contributed by atoms with Gasteiger partial charge in [0.25, 0.3) is 0 Å². The summed E-state index contributed by atoms with van der Waals surface area (Å²) in [5, 5.41) is 6.51. The number of halogens is 1. The molecule has 0 aromatic heterocycles. The normalized spacial score (nSPS) is 14.7. The average molecular weight is 522 g/mol. The molecule has 1 fully saturated rings. The predicted molar refractivity (Wildman–Crippen MR) is 124 cm³/mol. The maximum absolute atomic E-state index is 11.6. The Kier molecular flexibility index (Phi) is 10.8. The Balaban J connectivity index is 0.00000392. The quantitative estimate of drug-likeness (QED) is 0.224. The number of hydrogen-bond acceptors (Lipinski definition) is 4. The van der Waals surface area contributed by atoms with Crippen LogP contribution in [-0.2, 0) is 26.9 Å². The molecule has 2 rings (SSSR count). The lowest BCUT2D eigenvalue weighted by Gasteiger charge is -2.16. The van der Waals surface area contributed by atoms with Crippen LogP contribution in [0, 0.1) is 0 Å². The van der Waals surface area contributed by atoms with Gasteiger partial charge in [-0.1, -0.05) is 24.3 Å². The molecule has 0 bridgehead atoms. The molecule has 0 radical (unpaired) electrons. The van der Waals surface area contributed by atoms with Crippen LogP contribution >= 0.6 is 24.0 Å². The van der Waals surface area contributed by atoms with E-state index in [0.29, 0.717) is 13.0 Å². The zero-order valence-electron chi connectivity index (χ0n) is 16.6. The van der Waals surface area contributed by atoms with E-state index < -0.39 is 9.84 Å². The van der Waals surface area contributed by atoms with E-state index in [-0.39, 0.29) is 35.6 Å². The summed E-state index contributed by atoms with van der Waals surface area (Å²) < 4.78 is 22.7. The van der Waals surface area contributed by atoms with Gasteiger partial charge in [0.1, 0.15) is 0 Å². The minimum absolute atomic E-state index is 0. The van der Waals surface area contributed by atoms with Gasteiger partial charge in [-0.25, -0.2) is 13.4 Å². The summed E-state index contributed by atoms with van der Waals surface area (Å²) in [6.45, 7) is 5.71. The molecule has 0 atom stereocenters. The molecule has 0 saturated carbocycles.